The Hall–Kier alpha value is -1.14. The average Bonchev–Trinajstić information content (AvgIpc) is 2.88. The molecule has 0 saturated heterocycles. The molecule has 25 heavy (non-hydrogen) atoms. The number of hydrogen-bond acceptors (Lipinski definition) is 3. The van der Waals surface area contributed by atoms with Gasteiger partial charge in [0.15, 0.2) is 0 Å². The Kier molecular flexibility index (Phi) is 3.93. The van der Waals surface area contributed by atoms with Gasteiger partial charge in [-0.05, 0) is 80.5 Å². The van der Waals surface area contributed by atoms with E-state index in [0.717, 1.165) is 38.5 Å². The molecule has 4 rings (SSSR count). The van der Waals surface area contributed by atoms with Gasteiger partial charge in [0.1, 0.15) is 5.78 Å². The molecule has 8 atom stereocenters. The number of ketones is 1. The van der Waals surface area contributed by atoms with Gasteiger partial charge in [0.2, 0.25) is 0 Å². The van der Waals surface area contributed by atoms with Gasteiger partial charge in [-0.3, -0.25) is 4.79 Å². The van der Waals surface area contributed by atoms with Crippen molar-refractivity contribution in [3.8, 4) is 6.07 Å². The van der Waals surface area contributed by atoms with Crippen LogP contribution in [0.2, 0.25) is 0 Å². The van der Waals surface area contributed by atoms with Gasteiger partial charge in [-0.15, -0.1) is 0 Å². The Morgan fingerprint density at radius 2 is 2.04 bits per heavy atom. The van der Waals surface area contributed by atoms with E-state index in [1.165, 1.54) is 12.0 Å². The number of nitrogens with zero attached hydrogens (tertiary/aromatic N) is 1. The fraction of sp³-hybridized carbons (Fsp3) is 0.818. The molecule has 3 saturated carbocycles. The minimum absolute atomic E-state index is 0.00325. The van der Waals surface area contributed by atoms with Crippen molar-refractivity contribution in [2.24, 2.45) is 40.4 Å². The third-order valence-corrected chi connectivity index (χ3v) is 8.74. The Balaban J connectivity index is 1.70. The molecule has 0 radical (unpaired) electrons. The Labute approximate surface area is 151 Å². The van der Waals surface area contributed by atoms with E-state index in [0.29, 0.717) is 17.8 Å². The van der Waals surface area contributed by atoms with Crippen LogP contribution in [0.5, 0.6) is 0 Å². The molecular formula is C22H31NO2. The molecule has 4 aliphatic carbocycles. The first-order chi connectivity index (χ1) is 11.8. The summed E-state index contributed by atoms with van der Waals surface area (Å²) in [7, 11) is 0. The van der Waals surface area contributed by atoms with Crippen LogP contribution in [0.25, 0.3) is 0 Å². The normalized spacial score (nSPS) is 51.6. The molecule has 1 N–H and O–H groups in total. The van der Waals surface area contributed by atoms with Crippen LogP contribution in [-0.2, 0) is 4.79 Å². The average molecular weight is 341 g/mol. The van der Waals surface area contributed by atoms with Gasteiger partial charge in [-0.2, -0.15) is 5.26 Å². The number of rotatable bonds is 1. The first-order valence-electron chi connectivity index (χ1n) is 10.1. The molecule has 0 aromatic carbocycles. The van der Waals surface area contributed by atoms with E-state index in [2.05, 4.69) is 26.0 Å². The van der Waals surface area contributed by atoms with E-state index in [4.69, 9.17) is 0 Å². The summed E-state index contributed by atoms with van der Waals surface area (Å²) >= 11 is 0. The fourth-order valence-electron chi connectivity index (χ4n) is 7.56. The maximum atomic E-state index is 12.4. The number of carbonyl (C=O) groups is 1. The van der Waals surface area contributed by atoms with Crippen molar-refractivity contribution >= 4 is 5.78 Å². The summed E-state index contributed by atoms with van der Waals surface area (Å²) in [6, 6.07) is 2.47. The third kappa shape index (κ3) is 2.29. The SMILES string of the molecule is CC(=O)[C@H]1C(C#N)C[C@H]2[C@@H]3CC=C4C[C@@H](O)CC[C@]4(C)[C@H]3CC[C@]12C. The number of aliphatic hydroxyl groups excluding tert-OH is 1. The second kappa shape index (κ2) is 5.68. The predicted molar refractivity (Wildman–Crippen MR) is 96.4 cm³/mol. The van der Waals surface area contributed by atoms with Crippen LogP contribution in [0.1, 0.15) is 65.7 Å². The number of nitriles is 1. The number of allylic oxidation sites excluding steroid dienone is 1. The molecule has 1 unspecified atom stereocenters. The van der Waals surface area contributed by atoms with E-state index in [1.807, 2.05) is 0 Å². The number of Topliss-reactive ketones (excluding diaryl/α,β-unsaturated/α-hetero) is 1. The minimum Gasteiger partial charge on any atom is -0.393 e. The molecule has 136 valence electrons. The number of carbonyl (C=O) groups excluding carboxylic acids is 1. The molecule has 0 amide bonds. The van der Waals surface area contributed by atoms with Gasteiger partial charge in [0, 0.05) is 5.92 Å². The first kappa shape index (κ1) is 17.3. The molecule has 3 nitrogen and oxygen atoms in total. The fourth-order valence-corrected chi connectivity index (χ4v) is 7.56. The summed E-state index contributed by atoms with van der Waals surface area (Å²) < 4.78 is 0. The van der Waals surface area contributed by atoms with Crippen LogP contribution >= 0.6 is 0 Å². The quantitative estimate of drug-likeness (QED) is 0.725. The molecular weight excluding hydrogens is 310 g/mol. The molecule has 0 heterocycles. The van der Waals surface area contributed by atoms with Crippen LogP contribution in [0, 0.1) is 51.8 Å². The van der Waals surface area contributed by atoms with Crippen molar-refractivity contribution in [1.29, 1.82) is 5.26 Å². The van der Waals surface area contributed by atoms with E-state index in [-0.39, 0.29) is 34.6 Å². The summed E-state index contributed by atoms with van der Waals surface area (Å²) in [6.07, 6.45) is 9.32. The standard InChI is InChI=1S/C22H31NO2/c1-13(24)20-14(12-23)10-19-17-5-4-15-11-16(25)6-8-21(15,2)18(17)7-9-22(19,20)3/h4,14,16-20,25H,5-11H2,1-3H3/t14?,16-,17+,18-,19-,20-,21-,22-/m0/s1. The summed E-state index contributed by atoms with van der Waals surface area (Å²) in [5.41, 5.74) is 1.71. The molecule has 4 aliphatic rings. The zero-order chi connectivity index (χ0) is 18.0. The number of hydrogen-bond donors (Lipinski definition) is 1. The molecule has 0 aromatic rings. The van der Waals surface area contributed by atoms with Gasteiger partial charge < -0.3 is 5.11 Å². The lowest BCUT2D eigenvalue weighted by atomic mass is 9.47. The Bertz CT molecular complexity index is 661. The van der Waals surface area contributed by atoms with Crippen LogP contribution < -0.4 is 0 Å². The van der Waals surface area contributed by atoms with Crippen LogP contribution in [-0.4, -0.2) is 17.0 Å². The van der Waals surface area contributed by atoms with E-state index >= 15 is 0 Å². The lowest BCUT2D eigenvalue weighted by Gasteiger charge is -2.57. The highest BCUT2D eigenvalue weighted by atomic mass is 16.3. The van der Waals surface area contributed by atoms with Gasteiger partial charge in [-0.1, -0.05) is 25.5 Å². The Morgan fingerprint density at radius 3 is 2.72 bits per heavy atom. The lowest BCUT2D eigenvalue weighted by molar-refractivity contribution is -0.128. The first-order valence-corrected chi connectivity index (χ1v) is 10.1. The predicted octanol–water partition coefficient (Wildman–Crippen LogP) is 4.26. The van der Waals surface area contributed by atoms with E-state index in [1.54, 1.807) is 6.92 Å². The van der Waals surface area contributed by atoms with Crippen molar-refractivity contribution in [2.75, 3.05) is 0 Å². The third-order valence-electron chi connectivity index (χ3n) is 8.74. The molecule has 0 aromatic heterocycles. The Morgan fingerprint density at radius 1 is 1.28 bits per heavy atom. The van der Waals surface area contributed by atoms with Crippen molar-refractivity contribution in [3.05, 3.63) is 11.6 Å². The highest BCUT2D eigenvalue weighted by Crippen LogP contribution is 2.67. The maximum absolute atomic E-state index is 12.4. The van der Waals surface area contributed by atoms with E-state index < -0.39 is 0 Å². The van der Waals surface area contributed by atoms with Crippen LogP contribution in [0.4, 0.5) is 0 Å². The minimum atomic E-state index is -0.165. The number of fused-ring (bicyclic) bond motifs is 5. The topological polar surface area (TPSA) is 61.1 Å². The summed E-state index contributed by atoms with van der Waals surface area (Å²) in [6.45, 7) is 6.41. The summed E-state index contributed by atoms with van der Waals surface area (Å²) in [4.78, 5) is 12.4. The van der Waals surface area contributed by atoms with Crippen molar-refractivity contribution < 1.29 is 9.90 Å². The van der Waals surface area contributed by atoms with Gasteiger partial charge in [0.25, 0.3) is 0 Å². The zero-order valence-electron chi connectivity index (χ0n) is 15.8. The molecule has 3 heteroatoms. The van der Waals surface area contributed by atoms with Crippen molar-refractivity contribution in [2.45, 2.75) is 71.8 Å². The highest BCUT2D eigenvalue weighted by molar-refractivity contribution is 5.80. The smallest absolute Gasteiger partial charge is 0.134 e. The lowest BCUT2D eigenvalue weighted by Crippen LogP contribution is -2.51. The molecule has 0 aliphatic heterocycles. The van der Waals surface area contributed by atoms with Crippen molar-refractivity contribution in [1.82, 2.24) is 0 Å². The van der Waals surface area contributed by atoms with E-state index in [9.17, 15) is 15.2 Å². The molecule has 0 bridgehead atoms. The van der Waals surface area contributed by atoms with Crippen molar-refractivity contribution in [3.63, 3.8) is 0 Å². The largest absolute Gasteiger partial charge is 0.393 e. The second-order valence-electron chi connectivity index (χ2n) is 9.76. The van der Waals surface area contributed by atoms with Crippen LogP contribution in [0.3, 0.4) is 0 Å². The number of aliphatic hydroxyl groups is 1. The summed E-state index contributed by atoms with van der Waals surface area (Å²) in [5, 5.41) is 19.8. The maximum Gasteiger partial charge on any atom is 0.134 e. The molecule has 3 fully saturated rings. The van der Waals surface area contributed by atoms with Crippen LogP contribution in [0.15, 0.2) is 11.6 Å². The monoisotopic (exact) mass is 341 g/mol. The summed E-state index contributed by atoms with van der Waals surface area (Å²) in [5.74, 6) is 1.79. The molecule has 0 spiro atoms. The zero-order valence-corrected chi connectivity index (χ0v) is 15.8. The highest BCUT2D eigenvalue weighted by Gasteiger charge is 2.62. The van der Waals surface area contributed by atoms with Gasteiger partial charge in [-0.25, -0.2) is 0 Å². The van der Waals surface area contributed by atoms with Gasteiger partial charge >= 0.3 is 0 Å². The second-order valence-corrected chi connectivity index (χ2v) is 9.76. The van der Waals surface area contributed by atoms with Gasteiger partial charge in [0.05, 0.1) is 18.1 Å².